The zero-order valence-electron chi connectivity index (χ0n) is 18.2. The second-order valence-corrected chi connectivity index (χ2v) is 8.08. The van der Waals surface area contributed by atoms with Crippen molar-refractivity contribution in [1.29, 1.82) is 0 Å². The molecular formula is C23H23F3N6O2. The lowest BCUT2D eigenvalue weighted by Gasteiger charge is -2.36. The van der Waals surface area contributed by atoms with Crippen LogP contribution in [0.4, 0.5) is 36.2 Å². The minimum atomic E-state index is -4.50. The Hall–Kier alpha value is -3.73. The number of hydrogen-bond donors (Lipinski definition) is 2. The molecule has 0 bridgehead atoms. The van der Waals surface area contributed by atoms with E-state index < -0.39 is 11.7 Å². The first kappa shape index (κ1) is 22.1. The van der Waals surface area contributed by atoms with E-state index in [4.69, 9.17) is 15.2 Å². The molecule has 0 atom stereocenters. The number of aromatic nitrogens is 2. The topological polar surface area (TPSA) is 88.8 Å². The number of nitrogens with zero attached hydrogens (tertiary/aromatic N) is 4. The number of anilines is 4. The van der Waals surface area contributed by atoms with E-state index in [-0.39, 0.29) is 24.0 Å². The molecule has 2 aliphatic rings. The molecule has 178 valence electrons. The smallest absolute Gasteiger partial charge is 0.418 e. The number of piperazine rings is 1. The van der Waals surface area contributed by atoms with Crippen LogP contribution in [0.2, 0.25) is 0 Å². The van der Waals surface area contributed by atoms with Gasteiger partial charge in [0.1, 0.15) is 12.0 Å². The number of halogens is 3. The van der Waals surface area contributed by atoms with E-state index in [9.17, 15) is 13.2 Å². The van der Waals surface area contributed by atoms with Crippen LogP contribution in [0.1, 0.15) is 11.1 Å². The van der Waals surface area contributed by atoms with Crippen LogP contribution in [0.3, 0.4) is 0 Å². The van der Waals surface area contributed by atoms with E-state index in [1.807, 2.05) is 23.1 Å². The number of ether oxygens (including phenoxy) is 2. The van der Waals surface area contributed by atoms with Crippen molar-refractivity contribution in [3.05, 3.63) is 59.9 Å². The highest BCUT2D eigenvalue weighted by molar-refractivity contribution is 5.79. The molecular weight excluding hydrogens is 449 g/mol. The number of fused-ring (bicyclic) bond motifs is 1. The van der Waals surface area contributed by atoms with Gasteiger partial charge in [-0.25, -0.2) is 9.97 Å². The Morgan fingerprint density at radius 2 is 1.74 bits per heavy atom. The third-order valence-corrected chi connectivity index (χ3v) is 5.86. The van der Waals surface area contributed by atoms with Crippen LogP contribution in [0.5, 0.6) is 11.5 Å². The predicted octanol–water partition coefficient (Wildman–Crippen LogP) is 3.87. The fraction of sp³-hybridized carbons (Fsp3) is 0.304. The second kappa shape index (κ2) is 8.90. The molecule has 11 heteroatoms. The quantitative estimate of drug-likeness (QED) is 0.579. The summed E-state index contributed by atoms with van der Waals surface area (Å²) in [7, 11) is 0. The minimum absolute atomic E-state index is 0.111. The summed E-state index contributed by atoms with van der Waals surface area (Å²) < 4.78 is 50.9. The van der Waals surface area contributed by atoms with Crippen LogP contribution in [0.15, 0.2) is 48.8 Å². The second-order valence-electron chi connectivity index (χ2n) is 8.08. The van der Waals surface area contributed by atoms with Crippen molar-refractivity contribution in [2.24, 2.45) is 0 Å². The lowest BCUT2D eigenvalue weighted by atomic mass is 10.1. The Bertz CT molecular complexity index is 1180. The van der Waals surface area contributed by atoms with Gasteiger partial charge in [0.2, 0.25) is 6.79 Å². The van der Waals surface area contributed by atoms with Gasteiger partial charge in [-0.15, -0.1) is 0 Å². The van der Waals surface area contributed by atoms with Crippen LogP contribution in [0, 0.1) is 0 Å². The molecule has 5 rings (SSSR count). The van der Waals surface area contributed by atoms with Gasteiger partial charge in [0, 0.05) is 32.7 Å². The molecule has 0 unspecified atom stereocenters. The molecule has 3 aromatic rings. The highest BCUT2D eigenvalue weighted by Gasteiger charge is 2.33. The number of nitrogens with two attached hydrogens (primary N) is 1. The van der Waals surface area contributed by atoms with Crippen LogP contribution < -0.4 is 25.4 Å². The molecule has 1 aromatic heterocycles. The van der Waals surface area contributed by atoms with Crippen molar-refractivity contribution in [2.75, 3.05) is 48.9 Å². The molecule has 1 fully saturated rings. The molecule has 1 saturated heterocycles. The van der Waals surface area contributed by atoms with Crippen molar-refractivity contribution in [3.63, 3.8) is 0 Å². The minimum Gasteiger partial charge on any atom is -0.454 e. The number of rotatable bonds is 5. The molecule has 0 spiro atoms. The first-order chi connectivity index (χ1) is 16.4. The fourth-order valence-electron chi connectivity index (χ4n) is 4.12. The Morgan fingerprint density at radius 3 is 2.53 bits per heavy atom. The molecule has 0 radical (unpaired) electrons. The molecule has 2 aromatic carbocycles. The summed E-state index contributed by atoms with van der Waals surface area (Å²) in [5, 5.41) is 2.73. The molecule has 2 aliphatic heterocycles. The molecule has 0 saturated carbocycles. The predicted molar refractivity (Wildman–Crippen MR) is 121 cm³/mol. The largest absolute Gasteiger partial charge is 0.454 e. The number of nitrogens with one attached hydrogen (secondary N) is 1. The Morgan fingerprint density at radius 1 is 0.971 bits per heavy atom. The first-order valence-corrected chi connectivity index (χ1v) is 10.8. The average Bonchev–Trinajstić information content (AvgIpc) is 3.29. The highest BCUT2D eigenvalue weighted by Crippen LogP contribution is 2.37. The SMILES string of the molecule is Nc1c(Nc2ccccc2C(F)(F)F)ncnc1N1CCN(Cc2ccc3c(c2)OCO3)CC1. The number of nitrogen functional groups attached to an aromatic ring is 1. The summed E-state index contributed by atoms with van der Waals surface area (Å²) in [5.41, 5.74) is 6.73. The van der Waals surface area contributed by atoms with Crippen LogP contribution in [0.25, 0.3) is 0 Å². The maximum atomic E-state index is 13.3. The van der Waals surface area contributed by atoms with Gasteiger partial charge >= 0.3 is 6.18 Å². The van der Waals surface area contributed by atoms with Gasteiger partial charge in [0.25, 0.3) is 0 Å². The van der Waals surface area contributed by atoms with Crippen molar-refractivity contribution in [3.8, 4) is 11.5 Å². The fourth-order valence-corrected chi connectivity index (χ4v) is 4.12. The zero-order valence-corrected chi connectivity index (χ0v) is 18.2. The van der Waals surface area contributed by atoms with Crippen molar-refractivity contribution < 1.29 is 22.6 Å². The highest BCUT2D eigenvalue weighted by atomic mass is 19.4. The average molecular weight is 472 g/mol. The van der Waals surface area contributed by atoms with E-state index in [1.54, 1.807) is 0 Å². The maximum absolute atomic E-state index is 13.3. The number of hydrogen-bond acceptors (Lipinski definition) is 8. The van der Waals surface area contributed by atoms with Crippen molar-refractivity contribution >= 4 is 23.0 Å². The van der Waals surface area contributed by atoms with E-state index in [0.717, 1.165) is 42.8 Å². The van der Waals surface area contributed by atoms with E-state index >= 15 is 0 Å². The lowest BCUT2D eigenvalue weighted by Crippen LogP contribution is -2.46. The summed E-state index contributed by atoms with van der Waals surface area (Å²) in [5.74, 6) is 2.17. The standard InChI is InChI=1S/C23H23F3N6O2/c24-23(25,26)16-3-1-2-4-17(16)30-21-20(27)22(29-13-28-21)32-9-7-31(8-10-32)12-15-5-6-18-19(11-15)34-14-33-18/h1-6,11,13H,7-10,12,14,27H2,(H,28,29,30). The molecule has 0 amide bonds. The van der Waals surface area contributed by atoms with E-state index in [0.29, 0.717) is 18.9 Å². The van der Waals surface area contributed by atoms with Gasteiger partial charge in [-0.1, -0.05) is 18.2 Å². The third-order valence-electron chi connectivity index (χ3n) is 5.86. The summed E-state index contributed by atoms with van der Waals surface area (Å²) >= 11 is 0. The van der Waals surface area contributed by atoms with E-state index in [1.165, 1.54) is 24.5 Å². The Labute approximate surface area is 194 Å². The van der Waals surface area contributed by atoms with Crippen molar-refractivity contribution in [1.82, 2.24) is 14.9 Å². The Balaban J connectivity index is 1.26. The third kappa shape index (κ3) is 4.51. The van der Waals surface area contributed by atoms with E-state index in [2.05, 4.69) is 20.2 Å². The molecule has 34 heavy (non-hydrogen) atoms. The molecule has 3 heterocycles. The maximum Gasteiger partial charge on any atom is 0.418 e. The number of para-hydroxylation sites is 1. The monoisotopic (exact) mass is 472 g/mol. The van der Waals surface area contributed by atoms with Crippen molar-refractivity contribution in [2.45, 2.75) is 12.7 Å². The van der Waals surface area contributed by atoms with Crippen LogP contribution >= 0.6 is 0 Å². The van der Waals surface area contributed by atoms with Crippen LogP contribution in [-0.4, -0.2) is 47.8 Å². The first-order valence-electron chi connectivity index (χ1n) is 10.8. The summed E-state index contributed by atoms with van der Waals surface area (Å²) in [6.07, 6.45) is -3.19. The normalized spacial score (nSPS) is 16.0. The van der Waals surface area contributed by atoms with Gasteiger partial charge in [-0.2, -0.15) is 13.2 Å². The number of benzene rings is 2. The van der Waals surface area contributed by atoms with Crippen LogP contribution in [-0.2, 0) is 12.7 Å². The number of alkyl halides is 3. The summed E-state index contributed by atoms with van der Waals surface area (Å²) in [4.78, 5) is 12.7. The van der Waals surface area contributed by atoms with Gasteiger partial charge in [0.15, 0.2) is 23.1 Å². The van der Waals surface area contributed by atoms with Gasteiger partial charge < -0.3 is 25.4 Å². The lowest BCUT2D eigenvalue weighted by molar-refractivity contribution is -0.136. The summed E-state index contributed by atoms with van der Waals surface area (Å²) in [6.45, 7) is 3.91. The van der Waals surface area contributed by atoms with Gasteiger partial charge in [-0.05, 0) is 29.8 Å². The van der Waals surface area contributed by atoms with Gasteiger partial charge in [-0.3, -0.25) is 4.90 Å². The van der Waals surface area contributed by atoms with Gasteiger partial charge in [0.05, 0.1) is 11.3 Å². The summed E-state index contributed by atoms with van der Waals surface area (Å²) in [6, 6.07) is 11.2. The molecule has 3 N–H and O–H groups in total. The molecule has 0 aliphatic carbocycles. The Kier molecular flexibility index (Phi) is 5.78. The molecule has 8 nitrogen and oxygen atoms in total. The zero-order chi connectivity index (χ0) is 23.7.